The number of hydrogen-bond acceptors (Lipinski definition) is 4. The van der Waals surface area contributed by atoms with E-state index in [1.54, 1.807) is 0 Å². The molecule has 1 aliphatic rings. The fraction of sp³-hybridized carbons (Fsp3) is 0.182. The first kappa shape index (κ1) is 24.0. The highest BCUT2D eigenvalue weighted by Gasteiger charge is 2.38. The number of imidazole rings is 1. The van der Waals surface area contributed by atoms with Crippen LogP contribution in [0.2, 0.25) is 0 Å². The number of nitrogens with zero attached hydrogens (tertiary/aromatic N) is 3. The molecule has 0 amide bonds. The molecule has 0 saturated carbocycles. The molecule has 6 rings (SSSR count). The summed E-state index contributed by atoms with van der Waals surface area (Å²) >= 11 is 0. The smallest absolute Gasteiger partial charge is 0.121 e. The minimum atomic E-state index is -0.542. The van der Waals surface area contributed by atoms with Gasteiger partial charge in [-0.15, -0.1) is 0 Å². The first-order valence-corrected chi connectivity index (χ1v) is 13.3. The molecule has 2 heterocycles. The van der Waals surface area contributed by atoms with Gasteiger partial charge in [-0.25, -0.2) is 4.98 Å². The van der Waals surface area contributed by atoms with Crippen molar-refractivity contribution in [3.63, 3.8) is 0 Å². The summed E-state index contributed by atoms with van der Waals surface area (Å²) in [5.74, 6) is 0. The summed E-state index contributed by atoms with van der Waals surface area (Å²) < 4.78 is 2.26. The zero-order valence-electron chi connectivity index (χ0n) is 21.5. The second kappa shape index (κ2) is 11.0. The fourth-order valence-corrected chi connectivity index (χ4v) is 5.53. The molecule has 0 aliphatic carbocycles. The Hall–Kier alpha value is -4.35. The van der Waals surface area contributed by atoms with Gasteiger partial charge in [-0.3, -0.25) is 0 Å². The molecule has 5 heteroatoms. The molecule has 5 nitrogen and oxygen atoms in total. The van der Waals surface area contributed by atoms with Crippen molar-refractivity contribution in [1.29, 1.82) is 0 Å². The van der Waals surface area contributed by atoms with Crippen LogP contribution in [0.4, 0.5) is 11.4 Å². The average Bonchev–Trinajstić information content (AvgIpc) is 3.48. The van der Waals surface area contributed by atoms with E-state index in [-0.39, 0.29) is 0 Å². The van der Waals surface area contributed by atoms with E-state index in [0.29, 0.717) is 6.54 Å². The predicted molar refractivity (Wildman–Crippen MR) is 156 cm³/mol. The lowest BCUT2D eigenvalue weighted by Gasteiger charge is -2.37. The topological polar surface area (TPSA) is 45.1 Å². The highest BCUT2D eigenvalue weighted by atomic mass is 15.2. The molecule has 0 atom stereocenters. The van der Waals surface area contributed by atoms with Gasteiger partial charge in [-0.2, -0.15) is 0 Å². The first-order chi connectivity index (χ1) is 18.8. The number of rotatable bonds is 8. The molecule has 1 aromatic heterocycles. The van der Waals surface area contributed by atoms with Crippen LogP contribution >= 0.6 is 0 Å². The molecule has 5 aromatic rings. The Bertz CT molecular complexity index is 1330. The summed E-state index contributed by atoms with van der Waals surface area (Å²) in [4.78, 5) is 7.28. The van der Waals surface area contributed by atoms with Crippen LogP contribution in [-0.4, -0.2) is 35.7 Å². The van der Waals surface area contributed by atoms with Gasteiger partial charge in [0.15, 0.2) is 0 Å². The van der Waals surface area contributed by atoms with Crippen molar-refractivity contribution < 1.29 is 0 Å². The molecule has 2 N–H and O–H groups in total. The van der Waals surface area contributed by atoms with Crippen LogP contribution in [0.3, 0.4) is 0 Å². The van der Waals surface area contributed by atoms with Crippen molar-refractivity contribution in [2.24, 2.45) is 0 Å². The summed E-state index contributed by atoms with van der Waals surface area (Å²) in [5, 5.41) is 6.98. The van der Waals surface area contributed by atoms with Gasteiger partial charge in [0.1, 0.15) is 5.54 Å². The zero-order valence-corrected chi connectivity index (χ0v) is 21.5. The van der Waals surface area contributed by atoms with E-state index in [0.717, 1.165) is 37.6 Å². The van der Waals surface area contributed by atoms with Crippen molar-refractivity contribution in [3.05, 3.63) is 150 Å². The number of aromatic nitrogens is 2. The summed E-state index contributed by atoms with van der Waals surface area (Å²) in [6, 6.07) is 40.8. The van der Waals surface area contributed by atoms with Crippen molar-refractivity contribution >= 4 is 11.4 Å². The van der Waals surface area contributed by atoms with Gasteiger partial charge in [0.05, 0.1) is 18.6 Å². The van der Waals surface area contributed by atoms with Gasteiger partial charge >= 0.3 is 0 Å². The molecule has 1 fully saturated rings. The Labute approximate surface area is 224 Å². The van der Waals surface area contributed by atoms with E-state index in [2.05, 4.69) is 142 Å². The average molecular weight is 500 g/mol. The third kappa shape index (κ3) is 4.69. The standard InChI is InChI=1S/C33H33N5/c1-4-10-27(11-5-1)33(28-12-6-2-7-13-28,29-14-8-3-9-15-29)38-25-31(36-26-38)24-35-30-16-18-32(19-17-30)37-22-20-34-21-23-37/h1-19,25-26,34-35H,20-24H2. The van der Waals surface area contributed by atoms with Gasteiger partial charge in [-0.05, 0) is 41.0 Å². The molecule has 190 valence electrons. The lowest BCUT2D eigenvalue weighted by atomic mass is 9.77. The van der Waals surface area contributed by atoms with E-state index in [9.17, 15) is 0 Å². The molecule has 1 saturated heterocycles. The van der Waals surface area contributed by atoms with E-state index >= 15 is 0 Å². The fourth-order valence-electron chi connectivity index (χ4n) is 5.53. The highest BCUT2D eigenvalue weighted by Crippen LogP contribution is 2.40. The minimum absolute atomic E-state index is 0.542. The monoisotopic (exact) mass is 499 g/mol. The first-order valence-electron chi connectivity index (χ1n) is 13.3. The summed E-state index contributed by atoms with van der Waals surface area (Å²) in [6.45, 7) is 4.83. The van der Waals surface area contributed by atoms with Crippen molar-refractivity contribution in [3.8, 4) is 0 Å². The van der Waals surface area contributed by atoms with Crippen LogP contribution in [-0.2, 0) is 12.1 Å². The predicted octanol–water partition coefficient (Wildman–Crippen LogP) is 5.75. The normalized spacial score (nSPS) is 13.8. The number of hydrogen-bond donors (Lipinski definition) is 2. The quantitative estimate of drug-likeness (QED) is 0.267. The maximum Gasteiger partial charge on any atom is 0.121 e. The van der Waals surface area contributed by atoms with Crippen molar-refractivity contribution in [2.45, 2.75) is 12.1 Å². The molecule has 0 bridgehead atoms. The third-order valence-electron chi connectivity index (χ3n) is 7.42. The second-order valence-electron chi connectivity index (χ2n) is 9.72. The van der Waals surface area contributed by atoms with E-state index in [1.165, 1.54) is 22.4 Å². The van der Waals surface area contributed by atoms with Gasteiger partial charge in [0, 0.05) is 43.8 Å². The largest absolute Gasteiger partial charge is 0.379 e. The summed E-state index contributed by atoms with van der Waals surface area (Å²) in [7, 11) is 0. The van der Waals surface area contributed by atoms with Gasteiger partial charge in [0.25, 0.3) is 0 Å². The Kier molecular flexibility index (Phi) is 6.92. The summed E-state index contributed by atoms with van der Waals surface area (Å²) in [6.07, 6.45) is 4.15. The van der Waals surface area contributed by atoms with Crippen LogP contribution < -0.4 is 15.5 Å². The number of anilines is 2. The minimum Gasteiger partial charge on any atom is -0.379 e. The Morgan fingerprint density at radius 3 is 1.74 bits per heavy atom. The lowest BCUT2D eigenvalue weighted by Crippen LogP contribution is -2.43. The van der Waals surface area contributed by atoms with E-state index < -0.39 is 5.54 Å². The maximum atomic E-state index is 4.85. The van der Waals surface area contributed by atoms with Gasteiger partial charge in [0.2, 0.25) is 0 Å². The van der Waals surface area contributed by atoms with Crippen LogP contribution in [0.25, 0.3) is 0 Å². The van der Waals surface area contributed by atoms with E-state index in [1.807, 2.05) is 6.33 Å². The van der Waals surface area contributed by atoms with Gasteiger partial charge < -0.3 is 20.1 Å². The number of nitrogens with one attached hydrogen (secondary N) is 2. The SMILES string of the molecule is c1ccc(C(c2ccccc2)(c2ccccc2)n2cnc(CNc3ccc(N4CCNCC4)cc3)c2)cc1. The zero-order chi connectivity index (χ0) is 25.6. The molecule has 0 spiro atoms. The Morgan fingerprint density at radius 2 is 1.21 bits per heavy atom. The number of piperazine rings is 1. The molecule has 1 aliphatic heterocycles. The van der Waals surface area contributed by atoms with Crippen molar-refractivity contribution in [1.82, 2.24) is 14.9 Å². The molecular formula is C33H33N5. The lowest BCUT2D eigenvalue weighted by molar-refractivity contribution is 0.514. The molecule has 0 unspecified atom stereocenters. The van der Waals surface area contributed by atoms with Crippen LogP contribution in [0, 0.1) is 0 Å². The van der Waals surface area contributed by atoms with E-state index in [4.69, 9.17) is 4.98 Å². The Balaban J connectivity index is 1.31. The van der Waals surface area contributed by atoms with Crippen LogP contribution in [0.1, 0.15) is 22.4 Å². The van der Waals surface area contributed by atoms with Gasteiger partial charge in [-0.1, -0.05) is 91.0 Å². The van der Waals surface area contributed by atoms with Crippen LogP contribution in [0.5, 0.6) is 0 Å². The molecule has 4 aromatic carbocycles. The van der Waals surface area contributed by atoms with Crippen LogP contribution in [0.15, 0.2) is 128 Å². The molecule has 38 heavy (non-hydrogen) atoms. The summed E-state index contributed by atoms with van der Waals surface area (Å²) in [5.41, 5.74) is 6.40. The molecular weight excluding hydrogens is 466 g/mol. The second-order valence-corrected chi connectivity index (χ2v) is 9.72. The maximum absolute atomic E-state index is 4.85. The number of benzene rings is 4. The Morgan fingerprint density at radius 1 is 0.684 bits per heavy atom. The third-order valence-corrected chi connectivity index (χ3v) is 7.42. The highest BCUT2D eigenvalue weighted by molar-refractivity contribution is 5.56. The van der Waals surface area contributed by atoms with Crippen molar-refractivity contribution in [2.75, 3.05) is 36.4 Å². The molecule has 0 radical (unpaired) electrons.